The van der Waals surface area contributed by atoms with Crippen LogP contribution < -0.4 is 5.73 Å². The largest absolute Gasteiger partial charge is 0.374 e. The lowest BCUT2D eigenvalue weighted by Gasteiger charge is -2.04. The van der Waals surface area contributed by atoms with Gasteiger partial charge in [0.25, 0.3) is 0 Å². The van der Waals surface area contributed by atoms with Crippen LogP contribution in [0.3, 0.4) is 0 Å². The molecule has 0 amide bonds. The van der Waals surface area contributed by atoms with Gasteiger partial charge in [-0.25, -0.2) is 9.97 Å². The van der Waals surface area contributed by atoms with E-state index in [1.165, 1.54) is 33.5 Å². The smallest absolute Gasteiger partial charge is 0.203 e. The van der Waals surface area contributed by atoms with Gasteiger partial charge in [-0.3, -0.25) is 0 Å². The number of nitrogen functional groups attached to an aromatic ring is 1. The minimum Gasteiger partial charge on any atom is -0.374 e. The van der Waals surface area contributed by atoms with Gasteiger partial charge in [0.1, 0.15) is 15.7 Å². The van der Waals surface area contributed by atoms with E-state index in [-0.39, 0.29) is 0 Å². The average molecular weight is 386 g/mol. The van der Waals surface area contributed by atoms with Crippen LogP contribution in [0.15, 0.2) is 45.8 Å². The second-order valence-corrected chi connectivity index (χ2v) is 8.76. The van der Waals surface area contributed by atoms with Crippen molar-refractivity contribution in [3.05, 3.63) is 52.7 Å². The minimum atomic E-state index is 0.469. The zero-order chi connectivity index (χ0) is 17.2. The zero-order valence-electron chi connectivity index (χ0n) is 13.5. The lowest BCUT2D eigenvalue weighted by atomic mass is 10.1. The molecule has 4 rings (SSSR count). The summed E-state index contributed by atoms with van der Waals surface area (Å²) < 4.78 is 0.799. The van der Waals surface area contributed by atoms with Gasteiger partial charge in [-0.05, 0) is 29.8 Å². The molecule has 25 heavy (non-hydrogen) atoms. The number of nitrogens with zero attached hydrogens (tertiary/aromatic N) is 4. The van der Waals surface area contributed by atoms with Crippen molar-refractivity contribution in [2.24, 2.45) is 0 Å². The summed E-state index contributed by atoms with van der Waals surface area (Å²) in [7, 11) is 0. The molecular weight excluding hydrogens is 370 g/mol. The van der Waals surface area contributed by atoms with E-state index in [9.17, 15) is 0 Å². The highest BCUT2D eigenvalue weighted by molar-refractivity contribution is 8.01. The lowest BCUT2D eigenvalue weighted by molar-refractivity contribution is 0.942. The first-order valence-corrected chi connectivity index (χ1v) is 10.3. The third kappa shape index (κ3) is 3.65. The Kier molecular flexibility index (Phi) is 4.65. The second kappa shape index (κ2) is 7.07. The Morgan fingerprint density at radius 1 is 1.08 bits per heavy atom. The molecule has 0 aliphatic heterocycles. The van der Waals surface area contributed by atoms with Crippen molar-refractivity contribution >= 4 is 49.8 Å². The number of aromatic nitrogens is 4. The van der Waals surface area contributed by atoms with Gasteiger partial charge >= 0.3 is 0 Å². The summed E-state index contributed by atoms with van der Waals surface area (Å²) in [5.41, 5.74) is 6.90. The molecule has 3 aromatic heterocycles. The van der Waals surface area contributed by atoms with Gasteiger partial charge in [0.15, 0.2) is 4.34 Å². The quantitative estimate of drug-likeness (QED) is 0.512. The predicted molar refractivity (Wildman–Crippen MR) is 104 cm³/mol. The van der Waals surface area contributed by atoms with E-state index in [1.807, 2.05) is 18.2 Å². The van der Waals surface area contributed by atoms with E-state index in [0.29, 0.717) is 11.6 Å². The van der Waals surface area contributed by atoms with Crippen molar-refractivity contribution in [2.75, 3.05) is 5.73 Å². The molecule has 0 aliphatic carbocycles. The highest BCUT2D eigenvalue weighted by atomic mass is 32.2. The first-order valence-electron chi connectivity index (χ1n) is 7.81. The van der Waals surface area contributed by atoms with Crippen molar-refractivity contribution in [1.82, 2.24) is 20.2 Å². The monoisotopic (exact) mass is 385 g/mol. The van der Waals surface area contributed by atoms with Crippen molar-refractivity contribution < 1.29 is 0 Å². The molecule has 126 valence electrons. The first-order chi connectivity index (χ1) is 12.2. The Hall–Kier alpha value is -2.03. The predicted octanol–water partition coefficient (Wildman–Crippen LogP) is 4.43. The maximum Gasteiger partial charge on any atom is 0.203 e. The van der Waals surface area contributed by atoms with Gasteiger partial charge in [-0.15, -0.1) is 21.5 Å². The maximum atomic E-state index is 5.70. The topological polar surface area (TPSA) is 77.6 Å². The van der Waals surface area contributed by atoms with Crippen molar-refractivity contribution in [1.29, 1.82) is 0 Å². The molecule has 0 unspecified atom stereocenters. The summed E-state index contributed by atoms with van der Waals surface area (Å²) in [5.74, 6) is 0.822. The fraction of sp³-hybridized carbons (Fsp3) is 0.176. The van der Waals surface area contributed by atoms with E-state index in [2.05, 4.69) is 35.3 Å². The molecule has 0 fully saturated rings. The Morgan fingerprint density at radius 3 is 2.64 bits per heavy atom. The van der Waals surface area contributed by atoms with E-state index in [4.69, 9.17) is 15.7 Å². The van der Waals surface area contributed by atoms with Gasteiger partial charge in [-0.2, -0.15) is 0 Å². The van der Waals surface area contributed by atoms with Crippen molar-refractivity contribution in [3.63, 3.8) is 0 Å². The number of rotatable bonds is 5. The number of aryl methyl sites for hydroxylation is 1. The molecule has 0 bridgehead atoms. The van der Waals surface area contributed by atoms with Crippen LogP contribution in [-0.4, -0.2) is 20.2 Å². The minimum absolute atomic E-state index is 0.469. The number of fused-ring (bicyclic) bond motifs is 1. The Morgan fingerprint density at radius 2 is 1.92 bits per heavy atom. The standard InChI is InChI=1S/C17H15N5S3/c1-2-11-9-12-14(23-11)19-13(8-10-6-4-3-5-7-10)20-15(12)24-17-22-21-16(18)25-17/h3-7,9H,2,8H2,1H3,(H2,18,21). The summed E-state index contributed by atoms with van der Waals surface area (Å²) in [5, 5.41) is 10.5. The number of hydrogen-bond acceptors (Lipinski definition) is 8. The molecule has 2 N–H and O–H groups in total. The SMILES string of the molecule is CCc1cc2c(Sc3nnc(N)s3)nc(Cc3ccccc3)nc2s1. The zero-order valence-corrected chi connectivity index (χ0v) is 15.9. The first kappa shape index (κ1) is 16.4. The van der Waals surface area contributed by atoms with E-state index >= 15 is 0 Å². The Bertz CT molecular complexity index is 1010. The van der Waals surface area contributed by atoms with E-state index in [0.717, 1.165) is 31.8 Å². The number of anilines is 1. The van der Waals surface area contributed by atoms with E-state index < -0.39 is 0 Å². The van der Waals surface area contributed by atoms with Crippen molar-refractivity contribution in [2.45, 2.75) is 29.1 Å². The van der Waals surface area contributed by atoms with E-state index in [1.54, 1.807) is 11.3 Å². The molecule has 5 nitrogen and oxygen atoms in total. The molecular formula is C17H15N5S3. The average Bonchev–Trinajstić information content (AvgIpc) is 3.21. The molecule has 0 aliphatic rings. The normalized spacial score (nSPS) is 11.2. The lowest BCUT2D eigenvalue weighted by Crippen LogP contribution is -1.98. The molecule has 4 aromatic rings. The molecule has 3 heterocycles. The molecule has 0 radical (unpaired) electrons. The fourth-order valence-corrected chi connectivity index (χ4v) is 5.16. The third-order valence-corrected chi connectivity index (χ3v) is 6.60. The van der Waals surface area contributed by atoms with Crippen LogP contribution in [0.1, 0.15) is 23.2 Å². The van der Waals surface area contributed by atoms with Crippen LogP contribution in [0.4, 0.5) is 5.13 Å². The van der Waals surface area contributed by atoms with Crippen LogP contribution in [0.5, 0.6) is 0 Å². The Balaban J connectivity index is 1.76. The van der Waals surface area contributed by atoms with Crippen LogP contribution in [-0.2, 0) is 12.8 Å². The summed E-state index contributed by atoms with van der Waals surface area (Å²) in [6.45, 7) is 2.15. The molecule has 0 saturated heterocycles. The molecule has 1 aromatic carbocycles. The number of benzene rings is 1. The van der Waals surface area contributed by atoms with Gasteiger partial charge in [0.2, 0.25) is 5.13 Å². The summed E-state index contributed by atoms with van der Waals surface area (Å²) in [4.78, 5) is 11.9. The van der Waals surface area contributed by atoms with Gasteiger partial charge < -0.3 is 5.73 Å². The van der Waals surface area contributed by atoms with Crippen LogP contribution in [0.25, 0.3) is 10.2 Å². The van der Waals surface area contributed by atoms with Gasteiger partial charge in [-0.1, -0.05) is 48.6 Å². The van der Waals surface area contributed by atoms with Crippen LogP contribution >= 0.6 is 34.4 Å². The highest BCUT2D eigenvalue weighted by Gasteiger charge is 2.15. The Labute approximate surface area is 157 Å². The fourth-order valence-electron chi connectivity index (χ4n) is 2.44. The third-order valence-electron chi connectivity index (χ3n) is 3.61. The number of thiophene rings is 1. The second-order valence-electron chi connectivity index (χ2n) is 5.40. The summed E-state index contributed by atoms with van der Waals surface area (Å²) in [6, 6.07) is 12.5. The van der Waals surface area contributed by atoms with Gasteiger partial charge in [0.05, 0.1) is 0 Å². The highest BCUT2D eigenvalue weighted by Crippen LogP contribution is 2.37. The van der Waals surface area contributed by atoms with Crippen LogP contribution in [0.2, 0.25) is 0 Å². The molecule has 8 heteroatoms. The molecule has 0 atom stereocenters. The number of hydrogen-bond donors (Lipinski definition) is 1. The summed E-state index contributed by atoms with van der Waals surface area (Å²) >= 11 is 4.61. The van der Waals surface area contributed by atoms with Crippen LogP contribution in [0, 0.1) is 0 Å². The molecule has 0 saturated carbocycles. The van der Waals surface area contributed by atoms with Gasteiger partial charge in [0, 0.05) is 16.7 Å². The van der Waals surface area contributed by atoms with Crippen molar-refractivity contribution in [3.8, 4) is 0 Å². The maximum absolute atomic E-state index is 5.70. The molecule has 0 spiro atoms. The number of nitrogens with two attached hydrogens (primary N) is 1. The summed E-state index contributed by atoms with van der Waals surface area (Å²) in [6.07, 6.45) is 1.70.